The van der Waals surface area contributed by atoms with Crippen molar-refractivity contribution in [2.45, 2.75) is 89.6 Å². The fraction of sp³-hybridized carbons (Fsp3) is 0.310. The molecule has 6 aromatic rings. The van der Waals surface area contributed by atoms with E-state index in [1.54, 1.807) is 13.8 Å². The van der Waals surface area contributed by atoms with Crippen molar-refractivity contribution in [3.63, 3.8) is 0 Å². The minimum Gasteiger partial charge on any atom is -0.493 e. The Bertz CT molecular complexity index is 2820. The zero-order valence-electron chi connectivity index (χ0n) is 41.7. The van der Waals surface area contributed by atoms with Gasteiger partial charge in [0.2, 0.25) is 11.8 Å². The molecule has 14 heteroatoms. The van der Waals surface area contributed by atoms with Gasteiger partial charge in [-0.1, -0.05) is 86.3 Å². The van der Waals surface area contributed by atoms with Gasteiger partial charge >= 0.3 is 0 Å². The van der Waals surface area contributed by atoms with Crippen molar-refractivity contribution < 1.29 is 47.6 Å². The Morgan fingerprint density at radius 1 is 0.444 bits per heavy atom. The van der Waals surface area contributed by atoms with E-state index >= 15 is 0 Å². The summed E-state index contributed by atoms with van der Waals surface area (Å²) in [4.78, 5) is 47.6. The van der Waals surface area contributed by atoms with Crippen molar-refractivity contribution in [1.29, 1.82) is 0 Å². The second-order valence-corrected chi connectivity index (χ2v) is 20.6. The predicted molar refractivity (Wildman–Crippen MR) is 284 cm³/mol. The molecule has 2 N–H and O–H groups in total. The third-order valence-corrected chi connectivity index (χ3v) is 14.2. The van der Waals surface area contributed by atoms with Crippen molar-refractivity contribution in [3.8, 4) is 46.0 Å². The van der Waals surface area contributed by atoms with Gasteiger partial charge in [-0.3, -0.25) is 29.8 Å². The van der Waals surface area contributed by atoms with Crippen LogP contribution in [0.3, 0.4) is 0 Å². The largest absolute Gasteiger partial charge is 0.493 e. The molecule has 2 aliphatic heterocycles. The highest BCUT2D eigenvalue weighted by Crippen LogP contribution is 2.43. The molecule has 4 amide bonds. The molecule has 12 nitrogen and oxygen atoms in total. The van der Waals surface area contributed by atoms with E-state index in [4.69, 9.17) is 28.4 Å². The third kappa shape index (κ3) is 14.2. The van der Waals surface area contributed by atoms with Gasteiger partial charge in [0.25, 0.3) is 10.5 Å². The topological polar surface area (TPSA) is 148 Å². The van der Waals surface area contributed by atoms with Crippen LogP contribution < -0.4 is 39.1 Å². The second-order valence-electron chi connectivity index (χ2n) is 17.8. The Morgan fingerprint density at radius 3 is 1.31 bits per heavy atom. The minimum absolute atomic E-state index is 0.291. The van der Waals surface area contributed by atoms with Crippen LogP contribution in [0.1, 0.15) is 86.8 Å². The monoisotopic (exact) mass is 1010 g/mol. The highest BCUT2D eigenvalue weighted by atomic mass is 32.2. The maximum absolute atomic E-state index is 12.2. The van der Waals surface area contributed by atoms with Crippen LogP contribution in [0.15, 0.2) is 133 Å². The maximum Gasteiger partial charge on any atom is 0.287 e. The van der Waals surface area contributed by atoms with E-state index in [0.717, 1.165) is 112 Å². The lowest BCUT2D eigenvalue weighted by molar-refractivity contribution is -0.122. The fourth-order valence-corrected chi connectivity index (χ4v) is 9.68. The van der Waals surface area contributed by atoms with E-state index in [1.165, 1.54) is 11.1 Å². The molecule has 0 saturated carbocycles. The van der Waals surface area contributed by atoms with Gasteiger partial charge in [-0.15, -0.1) is 0 Å². The van der Waals surface area contributed by atoms with Crippen molar-refractivity contribution in [2.75, 3.05) is 26.4 Å². The number of ether oxygens (including phenoxy) is 6. The van der Waals surface area contributed by atoms with Crippen LogP contribution in [-0.4, -0.2) is 48.7 Å². The lowest BCUT2D eigenvalue weighted by atomic mass is 9.99. The van der Waals surface area contributed by atoms with Gasteiger partial charge in [-0.25, -0.2) is 0 Å². The molecule has 0 bridgehead atoms. The van der Waals surface area contributed by atoms with Crippen LogP contribution in [0.5, 0.6) is 46.0 Å². The number of carbonyl (C=O) groups excluding carboxylic acids is 4. The Labute approximate surface area is 430 Å². The Morgan fingerprint density at radius 2 is 0.861 bits per heavy atom. The van der Waals surface area contributed by atoms with E-state index in [9.17, 15) is 19.2 Å². The molecule has 2 fully saturated rings. The van der Waals surface area contributed by atoms with E-state index < -0.39 is 9.49 Å². The molecule has 0 radical (unpaired) electrons. The summed E-state index contributed by atoms with van der Waals surface area (Å²) in [6.45, 7) is 13.9. The van der Waals surface area contributed by atoms with Gasteiger partial charge in [-0.2, -0.15) is 0 Å². The number of hydrogen-bond donors (Lipinski definition) is 2. The molecule has 0 aliphatic carbocycles. The number of amides is 4. The van der Waals surface area contributed by atoms with Crippen molar-refractivity contribution in [1.82, 2.24) is 10.6 Å². The number of nitrogens with one attached hydrogen (secondary N) is 2. The summed E-state index contributed by atoms with van der Waals surface area (Å²) in [5, 5.41) is 4.04. The molecule has 0 aromatic heterocycles. The van der Waals surface area contributed by atoms with E-state index in [1.807, 2.05) is 133 Å². The predicted octanol–water partition coefficient (Wildman–Crippen LogP) is 13.6. The molecule has 72 heavy (non-hydrogen) atoms. The molecule has 2 saturated heterocycles. The van der Waals surface area contributed by atoms with Crippen LogP contribution in [0, 0.1) is 13.8 Å². The lowest BCUT2D eigenvalue weighted by Gasteiger charge is -2.19. The normalized spacial score (nSPS) is 17.1. The number of benzene rings is 6. The maximum atomic E-state index is 12.2. The first-order valence-electron chi connectivity index (χ1n) is 24.3. The van der Waals surface area contributed by atoms with Crippen LogP contribution in [-0.2, 0) is 31.9 Å². The van der Waals surface area contributed by atoms with Crippen LogP contribution >= 0.6 is 23.5 Å². The highest BCUT2D eigenvalue weighted by Gasteiger charge is 2.46. The van der Waals surface area contributed by atoms with Crippen molar-refractivity contribution >= 4 is 45.8 Å². The summed E-state index contributed by atoms with van der Waals surface area (Å²) in [5.41, 5.74) is 6.14. The summed E-state index contributed by atoms with van der Waals surface area (Å²) in [6, 6.07) is 42.5. The molecule has 2 unspecified atom stereocenters. The van der Waals surface area contributed by atoms with Crippen LogP contribution in [0.4, 0.5) is 9.59 Å². The molecular weight excluding hydrogens is 949 g/mol. The van der Waals surface area contributed by atoms with Gasteiger partial charge < -0.3 is 28.4 Å². The molecule has 6 aromatic carbocycles. The number of thioether (sulfide) groups is 2. The summed E-state index contributed by atoms with van der Waals surface area (Å²) >= 11 is 1.99. The average molecular weight is 1010 g/mol. The van der Waals surface area contributed by atoms with Crippen LogP contribution in [0.25, 0.3) is 0 Å². The molecule has 0 spiro atoms. The molecule has 2 heterocycles. The third-order valence-electron chi connectivity index (χ3n) is 11.9. The molecule has 376 valence electrons. The zero-order chi connectivity index (χ0) is 51.1. The first kappa shape index (κ1) is 52.9. The van der Waals surface area contributed by atoms with E-state index in [0.29, 0.717) is 44.3 Å². The number of imide groups is 2. The number of hydrogen-bond acceptors (Lipinski definition) is 12. The molecule has 8 rings (SSSR count). The summed E-state index contributed by atoms with van der Waals surface area (Å²) in [7, 11) is 0. The Kier molecular flexibility index (Phi) is 18.4. The van der Waals surface area contributed by atoms with Gasteiger partial charge in [-0.05, 0) is 171 Å². The second kappa shape index (κ2) is 25.0. The first-order chi connectivity index (χ1) is 34.7. The number of rotatable bonds is 22. The standard InChI is InChI=1S/2C29H31NO5S/c1-4-7-21-18-25(35-23-12-10-20(2)11-13-23)14-15-26(21)34-17-6-16-33-24-9-5-8-22(19-24)29(3)27(31)30-28(32)36-29;1-4-6-21-19-25(35-24-11-7-20(2)8-12-24)15-16-26(21)34-18-5-17-33-23-13-9-22(10-14-23)29(3)27(31)30-28(32)36-29/h5,8-15,18-19H,4,6-7,16-17H2,1-3H3,(H,30,31,32);7-16,19H,4-6,17-18H2,1-3H3,(H,30,31,32). The Balaban J connectivity index is 0.000000211. The van der Waals surface area contributed by atoms with Gasteiger partial charge in [0, 0.05) is 12.8 Å². The summed E-state index contributed by atoms with van der Waals surface area (Å²) in [6.07, 6.45) is 5.24. The van der Waals surface area contributed by atoms with Gasteiger partial charge in [0.1, 0.15) is 55.5 Å². The molecule has 2 aliphatic rings. The zero-order valence-corrected chi connectivity index (χ0v) is 43.3. The average Bonchev–Trinajstić information content (AvgIpc) is 3.80. The van der Waals surface area contributed by atoms with Crippen molar-refractivity contribution in [2.24, 2.45) is 0 Å². The van der Waals surface area contributed by atoms with Gasteiger partial charge in [0.05, 0.1) is 26.4 Å². The molecular formula is C58H62N2O10S2. The molecule has 2 atom stereocenters. The van der Waals surface area contributed by atoms with Gasteiger partial charge in [0.15, 0.2) is 0 Å². The van der Waals surface area contributed by atoms with E-state index in [-0.39, 0.29) is 22.3 Å². The van der Waals surface area contributed by atoms with Crippen molar-refractivity contribution in [3.05, 3.63) is 167 Å². The minimum atomic E-state index is -0.940. The van der Waals surface area contributed by atoms with E-state index in [2.05, 4.69) is 38.3 Å². The fourth-order valence-electron chi connectivity index (χ4n) is 7.87. The SMILES string of the molecule is CCCc1cc(Oc2ccc(C)cc2)ccc1OCCCOc1ccc(C2(C)SC(=O)NC2=O)cc1.CCCc1cc(Oc2ccc(C)cc2)ccc1OCCCOc1cccc(C2(C)SC(=O)NC2=O)c1. The summed E-state index contributed by atoms with van der Waals surface area (Å²) < 4.78 is 34.0. The number of aryl methyl sites for hydroxylation is 4. The van der Waals surface area contributed by atoms with Crippen LogP contribution in [0.2, 0.25) is 0 Å². The first-order valence-corrected chi connectivity index (χ1v) is 25.9. The summed E-state index contributed by atoms with van der Waals surface area (Å²) in [5.74, 6) is 5.72. The smallest absolute Gasteiger partial charge is 0.287 e. The Hall–Kier alpha value is -6.90. The number of carbonyl (C=O) groups is 4. The lowest BCUT2D eigenvalue weighted by Crippen LogP contribution is -2.31. The highest BCUT2D eigenvalue weighted by molar-refractivity contribution is 8.16. The quantitative estimate of drug-likeness (QED) is 0.0624.